The number of thiazole rings is 1. The Labute approximate surface area is 136 Å². The molecule has 0 bridgehead atoms. The van der Waals surface area contributed by atoms with Gasteiger partial charge in [0.05, 0.1) is 16.8 Å². The van der Waals surface area contributed by atoms with E-state index in [9.17, 15) is 4.79 Å². The first-order chi connectivity index (χ1) is 10.8. The van der Waals surface area contributed by atoms with Crippen LogP contribution in [0.5, 0.6) is 0 Å². The van der Waals surface area contributed by atoms with E-state index in [4.69, 9.17) is 5.26 Å². The zero-order valence-electron chi connectivity index (χ0n) is 11.6. The molecule has 3 rings (SSSR count). The number of amides is 1. The number of hydrogen-bond acceptors (Lipinski definition) is 6. The smallest absolute Gasteiger partial charge is 0.241 e. The molecular formula is C15H12N4OS2. The van der Waals surface area contributed by atoms with Crippen LogP contribution in [-0.4, -0.2) is 33.1 Å². The zero-order chi connectivity index (χ0) is 15.4. The largest absolute Gasteiger partial charge is 0.305 e. The third-order valence-electron chi connectivity index (χ3n) is 3.06. The average Bonchev–Trinajstić information content (AvgIpc) is 3.18. The monoisotopic (exact) mass is 328 g/mol. The Morgan fingerprint density at radius 1 is 1.55 bits per heavy atom. The third kappa shape index (κ3) is 3.18. The Balaban J connectivity index is 1.82. The first-order valence-electron chi connectivity index (χ1n) is 6.65. The lowest BCUT2D eigenvalue weighted by molar-refractivity contribution is -0.127. The zero-order valence-corrected chi connectivity index (χ0v) is 13.2. The molecule has 0 saturated carbocycles. The molecule has 1 amide bonds. The van der Waals surface area contributed by atoms with Crippen molar-refractivity contribution in [2.24, 2.45) is 0 Å². The first-order valence-corrected chi connectivity index (χ1v) is 8.52. The molecule has 0 radical (unpaired) electrons. The van der Waals surface area contributed by atoms with E-state index in [1.54, 1.807) is 40.4 Å². The van der Waals surface area contributed by atoms with Gasteiger partial charge in [0, 0.05) is 35.6 Å². The van der Waals surface area contributed by atoms with Gasteiger partial charge in [-0.25, -0.2) is 4.98 Å². The number of carbonyl (C=O) groups is 1. The highest BCUT2D eigenvalue weighted by atomic mass is 32.2. The number of nitrogens with zero attached hydrogens (tertiary/aromatic N) is 4. The lowest BCUT2D eigenvalue weighted by Crippen LogP contribution is -2.25. The first kappa shape index (κ1) is 14.8. The molecule has 0 aliphatic carbocycles. The summed E-state index contributed by atoms with van der Waals surface area (Å²) in [4.78, 5) is 22.2. The van der Waals surface area contributed by atoms with E-state index in [0.29, 0.717) is 6.54 Å². The Morgan fingerprint density at radius 3 is 3.23 bits per heavy atom. The van der Waals surface area contributed by atoms with Crippen LogP contribution in [-0.2, 0) is 4.79 Å². The highest BCUT2D eigenvalue weighted by Crippen LogP contribution is 2.31. The molecular weight excluding hydrogens is 316 g/mol. The Morgan fingerprint density at radius 2 is 2.45 bits per heavy atom. The maximum atomic E-state index is 11.9. The molecule has 0 unspecified atom stereocenters. The van der Waals surface area contributed by atoms with Crippen LogP contribution in [0, 0.1) is 11.3 Å². The molecule has 22 heavy (non-hydrogen) atoms. The van der Waals surface area contributed by atoms with E-state index < -0.39 is 0 Å². The van der Waals surface area contributed by atoms with Crippen molar-refractivity contribution in [3.63, 3.8) is 0 Å². The highest BCUT2D eigenvalue weighted by Gasteiger charge is 2.24. The van der Waals surface area contributed by atoms with Crippen LogP contribution in [0.4, 0.5) is 0 Å². The van der Waals surface area contributed by atoms with E-state index in [1.807, 2.05) is 29.7 Å². The number of pyridine rings is 1. The fourth-order valence-corrected chi connectivity index (χ4v) is 3.86. The Bertz CT molecular complexity index is 748. The van der Waals surface area contributed by atoms with Crippen molar-refractivity contribution in [2.75, 3.05) is 12.3 Å². The average molecular weight is 328 g/mol. The van der Waals surface area contributed by atoms with Crippen LogP contribution < -0.4 is 0 Å². The Kier molecular flexibility index (Phi) is 4.51. The summed E-state index contributed by atoms with van der Waals surface area (Å²) in [5.41, 5.74) is 1.80. The van der Waals surface area contributed by atoms with E-state index in [-0.39, 0.29) is 12.3 Å². The van der Waals surface area contributed by atoms with Crippen LogP contribution in [0.3, 0.4) is 0 Å². The molecule has 5 nitrogen and oxygen atoms in total. The van der Waals surface area contributed by atoms with Crippen LogP contribution >= 0.6 is 23.1 Å². The minimum Gasteiger partial charge on any atom is -0.305 e. The molecule has 0 aromatic carbocycles. The van der Waals surface area contributed by atoms with Gasteiger partial charge in [-0.2, -0.15) is 5.26 Å². The molecule has 1 aliphatic rings. The lowest BCUT2D eigenvalue weighted by atomic mass is 10.3. The fraction of sp³-hybridized carbons (Fsp3) is 0.200. The van der Waals surface area contributed by atoms with Crippen molar-refractivity contribution in [2.45, 2.75) is 6.42 Å². The number of thioether (sulfide) groups is 1. The van der Waals surface area contributed by atoms with Gasteiger partial charge < -0.3 is 4.90 Å². The molecule has 1 aliphatic heterocycles. The summed E-state index contributed by atoms with van der Waals surface area (Å²) >= 11 is 3.16. The van der Waals surface area contributed by atoms with Crippen LogP contribution in [0.2, 0.25) is 0 Å². The van der Waals surface area contributed by atoms with E-state index in [2.05, 4.69) is 9.97 Å². The van der Waals surface area contributed by atoms with Gasteiger partial charge in [-0.15, -0.1) is 23.1 Å². The van der Waals surface area contributed by atoms with Gasteiger partial charge in [0.15, 0.2) is 0 Å². The predicted octanol–water partition coefficient (Wildman–Crippen LogP) is 2.99. The quantitative estimate of drug-likeness (QED) is 0.866. The molecule has 1 saturated heterocycles. The summed E-state index contributed by atoms with van der Waals surface area (Å²) in [5, 5.41) is 12.4. The van der Waals surface area contributed by atoms with Crippen LogP contribution in [0.15, 0.2) is 34.9 Å². The van der Waals surface area contributed by atoms with Crippen molar-refractivity contribution in [1.82, 2.24) is 14.9 Å². The van der Waals surface area contributed by atoms with Crippen molar-refractivity contribution in [3.8, 4) is 16.6 Å². The normalized spacial score (nSPS) is 16.0. The third-order valence-corrected chi connectivity index (χ3v) is 4.99. The van der Waals surface area contributed by atoms with Gasteiger partial charge in [0.2, 0.25) is 5.91 Å². The molecule has 110 valence electrons. The second kappa shape index (κ2) is 6.73. The molecule has 0 spiro atoms. The lowest BCUT2D eigenvalue weighted by Gasteiger charge is -2.14. The maximum Gasteiger partial charge on any atom is 0.241 e. The van der Waals surface area contributed by atoms with Gasteiger partial charge >= 0.3 is 0 Å². The van der Waals surface area contributed by atoms with Crippen LogP contribution in [0.25, 0.3) is 16.6 Å². The summed E-state index contributed by atoms with van der Waals surface area (Å²) in [7, 11) is 0. The molecule has 0 N–H and O–H groups in total. The molecule has 1 fully saturated rings. The summed E-state index contributed by atoms with van der Waals surface area (Å²) in [5.74, 6) is 0.698. The summed E-state index contributed by atoms with van der Waals surface area (Å²) in [6.07, 6.45) is 5.33. The van der Waals surface area contributed by atoms with Gasteiger partial charge in [0.25, 0.3) is 0 Å². The number of nitriles is 1. The van der Waals surface area contributed by atoms with Gasteiger partial charge in [-0.1, -0.05) is 0 Å². The van der Waals surface area contributed by atoms with E-state index >= 15 is 0 Å². The van der Waals surface area contributed by atoms with Gasteiger partial charge in [-0.3, -0.25) is 9.78 Å². The maximum absolute atomic E-state index is 11.9. The number of carbonyl (C=O) groups excluding carboxylic acids is 1. The van der Waals surface area contributed by atoms with Crippen molar-refractivity contribution >= 4 is 35.1 Å². The van der Waals surface area contributed by atoms with E-state index in [0.717, 1.165) is 27.0 Å². The Hall–Kier alpha value is -2.17. The number of rotatable bonds is 3. The molecule has 7 heteroatoms. The van der Waals surface area contributed by atoms with Crippen molar-refractivity contribution in [3.05, 3.63) is 40.6 Å². The minimum absolute atomic E-state index is 0.0874. The predicted molar refractivity (Wildman–Crippen MR) is 87.7 cm³/mol. The van der Waals surface area contributed by atoms with E-state index in [1.165, 1.54) is 0 Å². The topological polar surface area (TPSA) is 69.9 Å². The van der Waals surface area contributed by atoms with Crippen molar-refractivity contribution in [1.29, 1.82) is 5.26 Å². The van der Waals surface area contributed by atoms with Gasteiger partial charge in [0.1, 0.15) is 11.4 Å². The second-order valence-corrected chi connectivity index (χ2v) is 6.50. The molecule has 0 atom stereocenters. The molecule has 3 heterocycles. The summed E-state index contributed by atoms with van der Waals surface area (Å²) < 4.78 is 0. The number of aromatic nitrogens is 2. The number of hydrogen-bond donors (Lipinski definition) is 0. The van der Waals surface area contributed by atoms with Crippen molar-refractivity contribution < 1.29 is 4.79 Å². The summed E-state index contributed by atoms with van der Waals surface area (Å²) in [6, 6.07) is 5.75. The van der Waals surface area contributed by atoms with Crippen LogP contribution in [0.1, 0.15) is 12.1 Å². The standard InChI is InChI=1S/C15H12N4OS2/c16-4-3-13(20)19-6-7-21-14(19)8-12-10-22-15(18-12)11-2-1-5-17-9-11/h1-2,5,8-10H,3,6-7H2/b14-8+. The highest BCUT2D eigenvalue weighted by molar-refractivity contribution is 8.03. The molecule has 2 aromatic rings. The summed E-state index contributed by atoms with van der Waals surface area (Å²) in [6.45, 7) is 0.649. The second-order valence-electron chi connectivity index (χ2n) is 4.53. The minimum atomic E-state index is -0.151. The molecule has 2 aromatic heterocycles. The SMILES string of the molecule is N#CCC(=O)N1CCS/C1=C/c1csc(-c2cccnc2)n1. The fourth-order valence-electron chi connectivity index (χ4n) is 2.06. The van der Waals surface area contributed by atoms with Gasteiger partial charge in [-0.05, 0) is 18.2 Å².